The molecule has 2 nitrogen and oxygen atoms in total. The molecule has 2 aromatic carbocycles. The molecular formula is C20H22FNO. The van der Waals surface area contributed by atoms with Crippen LogP contribution in [0.4, 0.5) is 4.39 Å². The second-order valence-electron chi connectivity index (χ2n) is 6.53. The summed E-state index contributed by atoms with van der Waals surface area (Å²) in [7, 11) is 0. The zero-order chi connectivity index (χ0) is 16.4. The van der Waals surface area contributed by atoms with Gasteiger partial charge in [-0.1, -0.05) is 68.4 Å². The van der Waals surface area contributed by atoms with Crippen LogP contribution in [0.25, 0.3) is 0 Å². The van der Waals surface area contributed by atoms with Gasteiger partial charge in [-0.25, -0.2) is 4.39 Å². The lowest BCUT2D eigenvalue weighted by Crippen LogP contribution is -2.31. The van der Waals surface area contributed by atoms with Gasteiger partial charge in [0.1, 0.15) is 6.17 Å². The fourth-order valence-corrected chi connectivity index (χ4v) is 2.76. The summed E-state index contributed by atoms with van der Waals surface area (Å²) in [5.41, 5.74) is 3.29. The molecule has 0 heterocycles. The van der Waals surface area contributed by atoms with Crippen LogP contribution in [0.1, 0.15) is 48.9 Å². The minimum atomic E-state index is -0.977. The van der Waals surface area contributed by atoms with Gasteiger partial charge in [-0.2, -0.15) is 0 Å². The van der Waals surface area contributed by atoms with E-state index in [-0.39, 0.29) is 11.9 Å². The van der Waals surface area contributed by atoms with Crippen LogP contribution < -0.4 is 5.32 Å². The quantitative estimate of drug-likeness (QED) is 0.872. The highest BCUT2D eigenvalue weighted by molar-refractivity contribution is 5.82. The molecule has 1 amide bonds. The van der Waals surface area contributed by atoms with Gasteiger partial charge in [-0.05, 0) is 29.0 Å². The van der Waals surface area contributed by atoms with Crippen LogP contribution in [-0.2, 0) is 4.79 Å². The summed E-state index contributed by atoms with van der Waals surface area (Å²) in [5.74, 6) is -0.206. The lowest BCUT2D eigenvalue weighted by Gasteiger charge is -2.20. The Hall–Kier alpha value is -2.16. The molecule has 0 aliphatic heterocycles. The first-order chi connectivity index (χ1) is 11.1. The van der Waals surface area contributed by atoms with Crippen LogP contribution in [0.15, 0.2) is 54.6 Å². The minimum absolute atomic E-state index is 0.195. The number of hydrogen-bond acceptors (Lipinski definition) is 1. The maximum Gasteiger partial charge on any atom is 0.226 e. The fourth-order valence-electron chi connectivity index (χ4n) is 2.76. The Labute approximate surface area is 136 Å². The molecule has 0 spiro atoms. The zero-order valence-corrected chi connectivity index (χ0v) is 13.5. The molecule has 3 unspecified atom stereocenters. The number of rotatable bonds is 5. The van der Waals surface area contributed by atoms with Gasteiger partial charge in [-0.3, -0.25) is 4.79 Å². The van der Waals surface area contributed by atoms with Gasteiger partial charge < -0.3 is 5.32 Å². The minimum Gasteiger partial charge on any atom is -0.345 e. The van der Waals surface area contributed by atoms with Crippen LogP contribution in [0.3, 0.4) is 0 Å². The van der Waals surface area contributed by atoms with Gasteiger partial charge in [0, 0.05) is 0 Å². The molecule has 1 fully saturated rings. The third-order valence-electron chi connectivity index (χ3n) is 4.41. The molecule has 3 heteroatoms. The zero-order valence-electron chi connectivity index (χ0n) is 13.5. The first-order valence-electron chi connectivity index (χ1n) is 8.15. The van der Waals surface area contributed by atoms with Crippen molar-refractivity contribution in [3.63, 3.8) is 0 Å². The smallest absolute Gasteiger partial charge is 0.226 e. The normalized spacial score (nSPS) is 21.0. The van der Waals surface area contributed by atoms with Crippen molar-refractivity contribution in [2.24, 2.45) is 5.92 Å². The topological polar surface area (TPSA) is 29.1 Å². The van der Waals surface area contributed by atoms with Crippen molar-refractivity contribution in [1.82, 2.24) is 5.32 Å². The van der Waals surface area contributed by atoms with Gasteiger partial charge in [0.2, 0.25) is 5.91 Å². The SMILES string of the molecule is CC(C)c1ccc(C(NC(=O)C2CC2F)c2ccccc2)cc1. The molecule has 0 radical (unpaired) electrons. The van der Waals surface area contributed by atoms with E-state index in [2.05, 4.69) is 31.3 Å². The Morgan fingerprint density at radius 2 is 1.52 bits per heavy atom. The highest BCUT2D eigenvalue weighted by Gasteiger charge is 2.44. The predicted molar refractivity (Wildman–Crippen MR) is 90.0 cm³/mol. The monoisotopic (exact) mass is 311 g/mol. The van der Waals surface area contributed by atoms with E-state index in [9.17, 15) is 9.18 Å². The van der Waals surface area contributed by atoms with Gasteiger partial charge in [0.05, 0.1) is 12.0 Å². The van der Waals surface area contributed by atoms with E-state index in [0.29, 0.717) is 12.3 Å². The molecule has 0 saturated heterocycles. The molecule has 1 aliphatic carbocycles. The number of amides is 1. The summed E-state index contributed by atoms with van der Waals surface area (Å²) in [4.78, 5) is 12.2. The van der Waals surface area contributed by atoms with E-state index in [0.717, 1.165) is 11.1 Å². The Kier molecular flexibility index (Phi) is 4.46. The molecule has 0 aromatic heterocycles. The largest absolute Gasteiger partial charge is 0.345 e. The number of nitrogens with one attached hydrogen (secondary N) is 1. The van der Waals surface area contributed by atoms with Crippen molar-refractivity contribution in [2.75, 3.05) is 0 Å². The Morgan fingerprint density at radius 3 is 2.04 bits per heavy atom. The van der Waals surface area contributed by atoms with E-state index >= 15 is 0 Å². The molecule has 3 atom stereocenters. The Balaban J connectivity index is 1.86. The van der Waals surface area contributed by atoms with Gasteiger partial charge in [-0.15, -0.1) is 0 Å². The number of benzene rings is 2. The van der Waals surface area contributed by atoms with Crippen LogP contribution in [0, 0.1) is 5.92 Å². The number of halogens is 1. The average molecular weight is 311 g/mol. The predicted octanol–water partition coefficient (Wildman–Crippen LogP) is 4.37. The van der Waals surface area contributed by atoms with Gasteiger partial charge >= 0.3 is 0 Å². The second-order valence-corrected chi connectivity index (χ2v) is 6.53. The van der Waals surface area contributed by atoms with Crippen molar-refractivity contribution in [2.45, 2.75) is 38.4 Å². The molecule has 3 rings (SSSR count). The Bertz CT molecular complexity index is 666. The number of hydrogen-bond donors (Lipinski definition) is 1. The molecule has 0 bridgehead atoms. The average Bonchev–Trinajstić information content (AvgIpc) is 3.30. The van der Waals surface area contributed by atoms with E-state index in [1.54, 1.807) is 0 Å². The lowest BCUT2D eigenvalue weighted by atomic mass is 9.95. The molecule has 1 aliphatic rings. The summed E-state index contributed by atoms with van der Waals surface area (Å²) < 4.78 is 13.2. The molecule has 2 aromatic rings. The van der Waals surface area contributed by atoms with E-state index < -0.39 is 12.1 Å². The van der Waals surface area contributed by atoms with Crippen molar-refractivity contribution in [3.05, 3.63) is 71.3 Å². The van der Waals surface area contributed by atoms with Crippen molar-refractivity contribution >= 4 is 5.91 Å². The fraction of sp³-hybridized carbons (Fsp3) is 0.350. The van der Waals surface area contributed by atoms with Crippen LogP contribution in [0.2, 0.25) is 0 Å². The summed E-state index contributed by atoms with van der Waals surface area (Å²) in [6, 6.07) is 17.9. The van der Waals surface area contributed by atoms with Crippen molar-refractivity contribution in [1.29, 1.82) is 0 Å². The number of carbonyl (C=O) groups excluding carboxylic acids is 1. The first-order valence-corrected chi connectivity index (χ1v) is 8.15. The van der Waals surface area contributed by atoms with Crippen molar-refractivity contribution < 1.29 is 9.18 Å². The summed E-state index contributed by atoms with van der Waals surface area (Å²) in [5, 5.41) is 3.01. The highest BCUT2D eigenvalue weighted by Crippen LogP contribution is 2.35. The standard InChI is InChI=1S/C20H22FNO/c1-13(2)14-8-10-16(11-9-14)19(15-6-4-3-5-7-15)22-20(23)17-12-18(17)21/h3-11,13,17-19H,12H2,1-2H3,(H,22,23). The lowest BCUT2D eigenvalue weighted by molar-refractivity contribution is -0.123. The van der Waals surface area contributed by atoms with E-state index in [1.165, 1.54) is 5.56 Å². The second kappa shape index (κ2) is 6.53. The molecular weight excluding hydrogens is 289 g/mol. The van der Waals surface area contributed by atoms with E-state index in [4.69, 9.17) is 0 Å². The first kappa shape index (κ1) is 15.7. The Morgan fingerprint density at radius 1 is 1.00 bits per heavy atom. The summed E-state index contributed by atoms with van der Waals surface area (Å²) in [6.45, 7) is 4.31. The summed E-state index contributed by atoms with van der Waals surface area (Å²) >= 11 is 0. The van der Waals surface area contributed by atoms with Crippen LogP contribution in [0.5, 0.6) is 0 Å². The molecule has 1 saturated carbocycles. The summed E-state index contributed by atoms with van der Waals surface area (Å²) in [6.07, 6.45) is -0.630. The maximum atomic E-state index is 13.2. The third-order valence-corrected chi connectivity index (χ3v) is 4.41. The van der Waals surface area contributed by atoms with Gasteiger partial charge in [0.25, 0.3) is 0 Å². The molecule has 120 valence electrons. The molecule has 23 heavy (non-hydrogen) atoms. The molecule has 1 N–H and O–H groups in total. The van der Waals surface area contributed by atoms with Crippen LogP contribution >= 0.6 is 0 Å². The maximum absolute atomic E-state index is 13.2. The van der Waals surface area contributed by atoms with Crippen molar-refractivity contribution in [3.8, 4) is 0 Å². The van der Waals surface area contributed by atoms with E-state index in [1.807, 2.05) is 42.5 Å². The number of carbonyl (C=O) groups is 1. The van der Waals surface area contributed by atoms with Gasteiger partial charge in [0.15, 0.2) is 0 Å². The third kappa shape index (κ3) is 3.61. The number of alkyl halides is 1. The van der Waals surface area contributed by atoms with Crippen LogP contribution in [-0.4, -0.2) is 12.1 Å². The highest BCUT2D eigenvalue weighted by atomic mass is 19.1.